The molecule has 0 aliphatic carbocycles. The van der Waals surface area contributed by atoms with E-state index in [2.05, 4.69) is 14.5 Å². The number of ether oxygens (including phenoxy) is 2. The molecule has 1 heterocycles. The van der Waals surface area contributed by atoms with Crippen LogP contribution in [0.15, 0.2) is 106 Å². The van der Waals surface area contributed by atoms with Crippen LogP contribution in [-0.2, 0) is 25.1 Å². The van der Waals surface area contributed by atoms with Crippen LogP contribution in [0.25, 0.3) is 0 Å². The van der Waals surface area contributed by atoms with Crippen molar-refractivity contribution in [2.45, 2.75) is 10.5 Å². The van der Waals surface area contributed by atoms with E-state index in [0.717, 1.165) is 11.8 Å². The van der Waals surface area contributed by atoms with Crippen molar-refractivity contribution in [1.82, 2.24) is 9.73 Å². The monoisotopic (exact) mass is 602 g/mol. The smallest absolute Gasteiger partial charge is 0.449 e. The third-order valence-electron chi connectivity index (χ3n) is 5.83. The number of hydrazone groups is 1. The summed E-state index contributed by atoms with van der Waals surface area (Å²) in [5, 5.41) is 15.8. The van der Waals surface area contributed by atoms with E-state index < -0.39 is 21.8 Å². The molecule has 0 amide bonds. The molecule has 0 radical (unpaired) electrons. The van der Waals surface area contributed by atoms with Crippen LogP contribution < -0.4 is 4.72 Å². The first-order chi connectivity index (χ1) is 19.1. The highest BCUT2D eigenvalue weighted by molar-refractivity contribution is 7.90. The minimum absolute atomic E-state index is 0.00621. The van der Waals surface area contributed by atoms with Crippen molar-refractivity contribution in [1.29, 1.82) is 0 Å². The molecule has 0 fully saturated rings. The first kappa shape index (κ1) is 29.1. The topological polar surface area (TPSA) is 130 Å². The van der Waals surface area contributed by atoms with Gasteiger partial charge in [-0.1, -0.05) is 65.7 Å². The molecule has 10 nitrogen and oxygen atoms in total. The molecule has 0 saturated carbocycles. The molecular formula is C27H24Cl2N4O6S. The Balaban J connectivity index is 1.76. The summed E-state index contributed by atoms with van der Waals surface area (Å²) in [4.78, 5) is 14.9. The van der Waals surface area contributed by atoms with Crippen LogP contribution in [0, 0.1) is 0 Å². The average molecular weight is 603 g/mol. The molecular weight excluding hydrogens is 579 g/mol. The maximum absolute atomic E-state index is 13.2. The molecule has 1 aliphatic rings. The zero-order valence-corrected chi connectivity index (χ0v) is 23.4. The van der Waals surface area contributed by atoms with E-state index in [1.807, 2.05) is 30.3 Å². The summed E-state index contributed by atoms with van der Waals surface area (Å²) >= 11 is 12.1. The molecule has 13 heteroatoms. The highest BCUT2D eigenvalue weighted by Gasteiger charge is 2.47. The van der Waals surface area contributed by atoms with Gasteiger partial charge in [0.15, 0.2) is 5.60 Å². The van der Waals surface area contributed by atoms with E-state index in [4.69, 9.17) is 38.1 Å². The van der Waals surface area contributed by atoms with Gasteiger partial charge >= 0.3 is 6.16 Å². The fourth-order valence-electron chi connectivity index (χ4n) is 4.02. The molecule has 3 aromatic rings. The fourth-order valence-corrected chi connectivity index (χ4v) is 5.32. The fraction of sp³-hybridized carbons (Fsp3) is 0.148. The van der Waals surface area contributed by atoms with Crippen molar-refractivity contribution in [3.63, 3.8) is 0 Å². The van der Waals surface area contributed by atoms with Gasteiger partial charge in [0.1, 0.15) is 5.71 Å². The molecule has 1 aliphatic heterocycles. The van der Waals surface area contributed by atoms with Crippen LogP contribution in [-0.4, -0.2) is 56.6 Å². The first-order valence-corrected chi connectivity index (χ1v) is 14.0. The minimum Gasteiger partial charge on any atom is -0.449 e. The number of hydrogen-bond donors (Lipinski definition) is 2. The molecule has 2 N–H and O–H groups in total. The number of carboxylic acid groups (broad SMARTS) is 1. The van der Waals surface area contributed by atoms with E-state index in [1.54, 1.807) is 24.3 Å². The normalized spacial score (nSPS) is 17.6. The lowest BCUT2D eigenvalue weighted by atomic mass is 9.85. The van der Waals surface area contributed by atoms with Gasteiger partial charge < -0.3 is 14.6 Å². The Bertz CT molecular complexity index is 1550. The van der Waals surface area contributed by atoms with Gasteiger partial charge in [-0.3, -0.25) is 4.99 Å². The second-order valence-electron chi connectivity index (χ2n) is 8.38. The van der Waals surface area contributed by atoms with Crippen LogP contribution in [0.1, 0.15) is 11.1 Å². The number of sulfonamides is 1. The third kappa shape index (κ3) is 6.62. The van der Waals surface area contributed by atoms with Crippen molar-refractivity contribution in [3.8, 4) is 0 Å². The summed E-state index contributed by atoms with van der Waals surface area (Å²) in [6.45, 7) is -0.0316. The van der Waals surface area contributed by atoms with Gasteiger partial charge in [-0.2, -0.15) is 5.10 Å². The highest BCUT2D eigenvalue weighted by atomic mass is 35.5. The largest absolute Gasteiger partial charge is 0.510 e. The van der Waals surface area contributed by atoms with Crippen LogP contribution in [0.4, 0.5) is 4.79 Å². The molecule has 4 rings (SSSR count). The summed E-state index contributed by atoms with van der Waals surface area (Å²) in [6.07, 6.45) is 0.951. The van der Waals surface area contributed by atoms with Gasteiger partial charge in [-0.05, 0) is 48.0 Å². The zero-order chi connectivity index (χ0) is 28.8. The quantitative estimate of drug-likeness (QED) is 0.159. The SMILES string of the molecule is CN=C(NS(=O)(=O)c1ccc(Cl)cc1)N1CC(OC/C=C/OC(=O)O)(c2ccccc2)C(c2ccc(Cl)cc2)=N1. The van der Waals surface area contributed by atoms with Crippen LogP contribution in [0.3, 0.4) is 0 Å². The Morgan fingerprint density at radius 1 is 1.07 bits per heavy atom. The molecule has 0 bridgehead atoms. The average Bonchev–Trinajstić information content (AvgIpc) is 3.33. The Hall–Kier alpha value is -3.90. The second-order valence-corrected chi connectivity index (χ2v) is 10.9. The van der Waals surface area contributed by atoms with Crippen molar-refractivity contribution in [2.75, 3.05) is 20.2 Å². The summed E-state index contributed by atoms with van der Waals surface area (Å²) < 4.78 is 39.7. The number of hydrogen-bond acceptors (Lipinski definition) is 7. The second kappa shape index (κ2) is 12.5. The third-order valence-corrected chi connectivity index (χ3v) is 7.68. The predicted octanol–water partition coefficient (Wildman–Crippen LogP) is 5.10. The van der Waals surface area contributed by atoms with Gasteiger partial charge in [0.25, 0.3) is 10.0 Å². The number of aliphatic imine (C=N–C) groups is 1. The maximum atomic E-state index is 13.2. The predicted molar refractivity (Wildman–Crippen MR) is 152 cm³/mol. The number of halogens is 2. The molecule has 1 atom stereocenters. The summed E-state index contributed by atoms with van der Waals surface area (Å²) in [5.74, 6) is -0.0485. The minimum atomic E-state index is -4.04. The molecule has 1 unspecified atom stereocenters. The summed E-state index contributed by atoms with van der Waals surface area (Å²) in [7, 11) is -2.60. The Kier molecular flexibility index (Phi) is 9.10. The lowest BCUT2D eigenvalue weighted by Gasteiger charge is -2.31. The van der Waals surface area contributed by atoms with E-state index in [0.29, 0.717) is 21.3 Å². The Labute approximate surface area is 241 Å². The molecule has 0 spiro atoms. The number of rotatable bonds is 8. The zero-order valence-electron chi connectivity index (χ0n) is 21.1. The van der Waals surface area contributed by atoms with Gasteiger partial charge in [-0.25, -0.2) is 22.9 Å². The number of nitrogens with one attached hydrogen (secondary N) is 1. The Morgan fingerprint density at radius 3 is 2.30 bits per heavy atom. The number of guanidine groups is 1. The molecule has 3 aromatic carbocycles. The molecule has 40 heavy (non-hydrogen) atoms. The number of benzene rings is 3. The van der Waals surface area contributed by atoms with E-state index in [9.17, 15) is 13.2 Å². The van der Waals surface area contributed by atoms with E-state index in [-0.39, 0.29) is 24.0 Å². The maximum Gasteiger partial charge on any atom is 0.510 e. The van der Waals surface area contributed by atoms with E-state index >= 15 is 0 Å². The first-order valence-electron chi connectivity index (χ1n) is 11.8. The van der Waals surface area contributed by atoms with Crippen molar-refractivity contribution in [2.24, 2.45) is 10.1 Å². The Morgan fingerprint density at radius 2 is 1.70 bits per heavy atom. The number of nitrogens with zero attached hydrogens (tertiary/aromatic N) is 3. The molecule has 0 saturated heterocycles. The van der Waals surface area contributed by atoms with Gasteiger partial charge in [0.05, 0.1) is 24.3 Å². The lowest BCUT2D eigenvalue weighted by Crippen LogP contribution is -2.46. The number of carbonyl (C=O) groups is 1. The lowest BCUT2D eigenvalue weighted by molar-refractivity contribution is 0.0189. The van der Waals surface area contributed by atoms with Gasteiger partial charge in [-0.15, -0.1) is 0 Å². The van der Waals surface area contributed by atoms with Crippen LogP contribution >= 0.6 is 23.2 Å². The van der Waals surface area contributed by atoms with Crippen molar-refractivity contribution in [3.05, 3.63) is 112 Å². The summed E-state index contributed by atoms with van der Waals surface area (Å²) in [5.41, 5.74) is 0.603. The van der Waals surface area contributed by atoms with Crippen molar-refractivity contribution < 1.29 is 27.8 Å². The highest BCUT2D eigenvalue weighted by Crippen LogP contribution is 2.37. The van der Waals surface area contributed by atoms with E-state index in [1.165, 1.54) is 42.4 Å². The molecule has 208 valence electrons. The standard InChI is InChI=1S/C27H24Cl2N4O6S/c1-30-25(32-40(36,37)23-14-12-22(29)13-15-23)33-18-27(20-6-3-2-4-7-20,39-17-5-16-38-26(34)35)24(31-33)19-8-10-21(28)11-9-19/h2-16H,17-18H2,1H3,(H,30,32)(H,34,35)/b16-5+. The van der Waals surface area contributed by atoms with Gasteiger partial charge in [0, 0.05) is 22.7 Å². The van der Waals surface area contributed by atoms with Gasteiger partial charge in [0.2, 0.25) is 5.96 Å². The van der Waals surface area contributed by atoms with Crippen LogP contribution in [0.5, 0.6) is 0 Å². The van der Waals surface area contributed by atoms with Crippen molar-refractivity contribution >= 4 is 51.1 Å². The molecule has 0 aromatic heterocycles. The van der Waals surface area contributed by atoms with Crippen LogP contribution in [0.2, 0.25) is 10.0 Å². The summed E-state index contributed by atoms with van der Waals surface area (Å²) in [6, 6.07) is 21.9.